The molecule has 0 aliphatic carbocycles. The molecule has 0 unspecified atom stereocenters. The molecule has 0 atom stereocenters. The van der Waals surface area contributed by atoms with Gasteiger partial charge in [0, 0.05) is 11.8 Å². The van der Waals surface area contributed by atoms with Crippen LogP contribution in [0.25, 0.3) is 11.0 Å². The number of furan rings is 2. The van der Waals surface area contributed by atoms with Crippen molar-refractivity contribution in [3.63, 3.8) is 0 Å². The Labute approximate surface area is 149 Å². The Balaban J connectivity index is 1.86. The van der Waals surface area contributed by atoms with Crippen molar-refractivity contribution in [2.24, 2.45) is 5.73 Å². The summed E-state index contributed by atoms with van der Waals surface area (Å²) in [5.74, 6) is -1.40. The van der Waals surface area contributed by atoms with E-state index in [-0.39, 0.29) is 28.2 Å². The van der Waals surface area contributed by atoms with Crippen LogP contribution >= 0.6 is 0 Å². The Hall–Kier alpha value is -3.09. The molecule has 6 nitrogen and oxygen atoms in total. The van der Waals surface area contributed by atoms with Crippen LogP contribution in [0.3, 0.4) is 0 Å². The number of primary amides is 1. The molecule has 0 spiro atoms. The summed E-state index contributed by atoms with van der Waals surface area (Å²) < 4.78 is 24.4. The minimum atomic E-state index is -0.864. The van der Waals surface area contributed by atoms with Gasteiger partial charge in [-0.25, -0.2) is 4.39 Å². The van der Waals surface area contributed by atoms with Crippen LogP contribution in [0.5, 0.6) is 0 Å². The summed E-state index contributed by atoms with van der Waals surface area (Å²) in [6, 6.07) is 7.03. The number of nitrogens with two attached hydrogens (primary N) is 1. The number of amides is 2. The Morgan fingerprint density at radius 2 is 1.96 bits per heavy atom. The molecule has 3 N–H and O–H groups in total. The van der Waals surface area contributed by atoms with E-state index in [1.165, 1.54) is 18.2 Å². The highest BCUT2D eigenvalue weighted by atomic mass is 19.1. The van der Waals surface area contributed by atoms with Crippen molar-refractivity contribution in [2.75, 3.05) is 5.32 Å². The van der Waals surface area contributed by atoms with Gasteiger partial charge in [-0.1, -0.05) is 19.8 Å². The molecule has 0 aliphatic heterocycles. The number of hydrogen-bond acceptors (Lipinski definition) is 4. The molecule has 3 rings (SSSR count). The highest BCUT2D eigenvalue weighted by Gasteiger charge is 2.22. The summed E-state index contributed by atoms with van der Waals surface area (Å²) in [4.78, 5) is 24.1. The lowest BCUT2D eigenvalue weighted by atomic mass is 10.2. The Bertz CT molecular complexity index is 958. The van der Waals surface area contributed by atoms with Crippen LogP contribution in [0.1, 0.15) is 53.1 Å². The number of carbonyl (C=O) groups excluding carboxylic acids is 2. The fourth-order valence-corrected chi connectivity index (χ4v) is 2.73. The normalized spacial score (nSPS) is 11.0. The molecular weight excluding hydrogens is 339 g/mol. The fourth-order valence-electron chi connectivity index (χ4n) is 2.73. The van der Waals surface area contributed by atoms with Crippen LogP contribution < -0.4 is 11.1 Å². The number of aryl methyl sites for hydroxylation is 1. The first-order valence-electron chi connectivity index (χ1n) is 8.41. The van der Waals surface area contributed by atoms with Gasteiger partial charge in [-0.3, -0.25) is 9.59 Å². The van der Waals surface area contributed by atoms with Crippen molar-refractivity contribution in [1.82, 2.24) is 0 Å². The van der Waals surface area contributed by atoms with Gasteiger partial charge in [0.05, 0.1) is 0 Å². The Morgan fingerprint density at radius 3 is 2.69 bits per heavy atom. The van der Waals surface area contributed by atoms with Gasteiger partial charge in [0.2, 0.25) is 5.76 Å². The van der Waals surface area contributed by atoms with Crippen LogP contribution in [0.2, 0.25) is 0 Å². The molecule has 7 heteroatoms. The van der Waals surface area contributed by atoms with Crippen LogP contribution in [0, 0.1) is 5.82 Å². The lowest BCUT2D eigenvalue weighted by Gasteiger charge is -2.03. The van der Waals surface area contributed by atoms with E-state index in [0.717, 1.165) is 25.7 Å². The zero-order valence-corrected chi connectivity index (χ0v) is 14.3. The Kier molecular flexibility index (Phi) is 5.06. The molecule has 3 aromatic rings. The van der Waals surface area contributed by atoms with E-state index in [4.69, 9.17) is 14.6 Å². The summed E-state index contributed by atoms with van der Waals surface area (Å²) in [5.41, 5.74) is 5.58. The second-order valence-corrected chi connectivity index (χ2v) is 5.99. The average Bonchev–Trinajstić information content (AvgIpc) is 3.20. The summed E-state index contributed by atoms with van der Waals surface area (Å²) in [6.07, 6.45) is 3.89. The summed E-state index contributed by atoms with van der Waals surface area (Å²) >= 11 is 0. The standard InChI is InChI=1S/C19H19FN2O4/c1-2-3-4-5-12-7-9-15(25-12)19(24)22-16-13-10-11(20)6-8-14(13)26-17(16)18(21)23/h6-10H,2-5H2,1H3,(H2,21,23)(H,22,24). The van der Waals surface area contributed by atoms with Crippen molar-refractivity contribution in [2.45, 2.75) is 32.6 Å². The maximum absolute atomic E-state index is 13.5. The smallest absolute Gasteiger partial charge is 0.291 e. The van der Waals surface area contributed by atoms with Crippen molar-refractivity contribution in [1.29, 1.82) is 0 Å². The number of fused-ring (bicyclic) bond motifs is 1. The number of benzene rings is 1. The van der Waals surface area contributed by atoms with Crippen molar-refractivity contribution in [3.05, 3.63) is 53.4 Å². The van der Waals surface area contributed by atoms with Gasteiger partial charge in [-0.05, 0) is 36.8 Å². The largest absolute Gasteiger partial charge is 0.456 e. The van der Waals surface area contributed by atoms with E-state index in [0.29, 0.717) is 5.76 Å². The fraction of sp³-hybridized carbons (Fsp3) is 0.263. The molecule has 2 amide bonds. The molecule has 0 fully saturated rings. The lowest BCUT2D eigenvalue weighted by molar-refractivity contribution is 0.0977. The third kappa shape index (κ3) is 3.61. The maximum Gasteiger partial charge on any atom is 0.291 e. The van der Waals surface area contributed by atoms with Crippen LogP contribution in [-0.2, 0) is 6.42 Å². The molecule has 0 saturated carbocycles. The highest BCUT2D eigenvalue weighted by Crippen LogP contribution is 2.31. The zero-order chi connectivity index (χ0) is 18.7. The number of nitrogens with one attached hydrogen (secondary N) is 1. The molecule has 2 aromatic heterocycles. The van der Waals surface area contributed by atoms with Crippen LogP contribution in [-0.4, -0.2) is 11.8 Å². The predicted octanol–water partition coefficient (Wildman–Crippen LogP) is 4.25. The third-order valence-corrected chi connectivity index (χ3v) is 4.02. The average molecular weight is 358 g/mol. The summed E-state index contributed by atoms with van der Waals surface area (Å²) in [7, 11) is 0. The number of anilines is 1. The van der Waals surface area contributed by atoms with Gasteiger partial charge in [-0.2, -0.15) is 0 Å². The number of carbonyl (C=O) groups is 2. The number of halogens is 1. The van der Waals surface area contributed by atoms with Gasteiger partial charge < -0.3 is 19.9 Å². The predicted molar refractivity (Wildman–Crippen MR) is 94.6 cm³/mol. The first-order chi connectivity index (χ1) is 12.5. The van der Waals surface area contributed by atoms with Gasteiger partial charge in [0.15, 0.2) is 5.76 Å². The molecule has 0 saturated heterocycles. The first kappa shape index (κ1) is 17.7. The second-order valence-electron chi connectivity index (χ2n) is 5.99. The molecule has 0 aliphatic rings. The van der Waals surface area contributed by atoms with E-state index in [1.54, 1.807) is 12.1 Å². The molecule has 0 bridgehead atoms. The van der Waals surface area contributed by atoms with E-state index in [2.05, 4.69) is 12.2 Å². The highest BCUT2D eigenvalue weighted by molar-refractivity contribution is 6.13. The lowest BCUT2D eigenvalue weighted by Crippen LogP contribution is -2.16. The van der Waals surface area contributed by atoms with E-state index in [9.17, 15) is 14.0 Å². The third-order valence-electron chi connectivity index (χ3n) is 4.02. The van der Waals surface area contributed by atoms with Crippen molar-refractivity contribution >= 4 is 28.5 Å². The zero-order valence-electron chi connectivity index (χ0n) is 14.3. The number of hydrogen-bond donors (Lipinski definition) is 2. The van der Waals surface area contributed by atoms with Gasteiger partial charge in [0.1, 0.15) is 22.8 Å². The molecule has 2 heterocycles. The first-order valence-corrected chi connectivity index (χ1v) is 8.41. The Morgan fingerprint density at radius 1 is 1.15 bits per heavy atom. The van der Waals surface area contributed by atoms with Crippen LogP contribution in [0.4, 0.5) is 10.1 Å². The monoisotopic (exact) mass is 358 g/mol. The molecule has 26 heavy (non-hydrogen) atoms. The van der Waals surface area contributed by atoms with Crippen LogP contribution in [0.15, 0.2) is 39.2 Å². The quantitative estimate of drug-likeness (QED) is 0.617. The van der Waals surface area contributed by atoms with Gasteiger partial charge in [0.25, 0.3) is 11.8 Å². The maximum atomic E-state index is 13.5. The topological polar surface area (TPSA) is 98.5 Å². The van der Waals surface area contributed by atoms with E-state index < -0.39 is 17.6 Å². The summed E-state index contributed by atoms with van der Waals surface area (Å²) in [6.45, 7) is 2.11. The summed E-state index contributed by atoms with van der Waals surface area (Å²) in [5, 5.41) is 2.80. The molecule has 136 valence electrons. The molecule has 0 radical (unpaired) electrons. The van der Waals surface area contributed by atoms with Crippen molar-refractivity contribution in [3.8, 4) is 0 Å². The van der Waals surface area contributed by atoms with Gasteiger partial charge in [-0.15, -0.1) is 0 Å². The minimum Gasteiger partial charge on any atom is -0.456 e. The SMILES string of the molecule is CCCCCc1ccc(C(=O)Nc2c(C(N)=O)oc3ccc(F)cc23)o1. The minimum absolute atomic E-state index is 0.0286. The molecular formula is C19H19FN2O4. The van der Waals surface area contributed by atoms with E-state index in [1.807, 2.05) is 0 Å². The van der Waals surface area contributed by atoms with Gasteiger partial charge >= 0.3 is 0 Å². The van der Waals surface area contributed by atoms with E-state index >= 15 is 0 Å². The van der Waals surface area contributed by atoms with Crippen molar-refractivity contribution < 1.29 is 22.8 Å². The second kappa shape index (κ2) is 7.43. The number of unbranched alkanes of at least 4 members (excludes halogenated alkanes) is 2. The number of rotatable bonds is 7. The molecule has 1 aromatic carbocycles.